The third kappa shape index (κ3) is 5.64. The molecule has 0 N–H and O–H groups in total. The molecular formula is C29H29NO5S. The summed E-state index contributed by atoms with van der Waals surface area (Å²) in [6, 6.07) is 18.2. The second-order valence-electron chi connectivity index (χ2n) is 8.19. The van der Waals surface area contributed by atoms with Crippen LogP contribution in [-0.2, 0) is 22.6 Å². The van der Waals surface area contributed by atoms with E-state index in [1.54, 1.807) is 12.2 Å². The average molecular weight is 504 g/mol. The third-order valence-corrected chi connectivity index (χ3v) is 6.67. The Morgan fingerprint density at radius 3 is 2.61 bits per heavy atom. The maximum absolute atomic E-state index is 12.8. The molecule has 1 heterocycles. The van der Waals surface area contributed by atoms with E-state index < -0.39 is 0 Å². The summed E-state index contributed by atoms with van der Waals surface area (Å²) < 4.78 is 17.3. The Morgan fingerprint density at radius 1 is 1.03 bits per heavy atom. The van der Waals surface area contributed by atoms with Crippen molar-refractivity contribution in [3.63, 3.8) is 0 Å². The fourth-order valence-corrected chi connectivity index (χ4v) is 4.96. The molecule has 1 aliphatic rings. The number of hydrogen-bond donors (Lipinski definition) is 0. The maximum Gasteiger partial charge on any atom is 0.293 e. The lowest BCUT2D eigenvalue weighted by Gasteiger charge is -2.17. The third-order valence-electron chi connectivity index (χ3n) is 5.76. The Morgan fingerprint density at radius 2 is 1.83 bits per heavy atom. The van der Waals surface area contributed by atoms with Gasteiger partial charge in [0.25, 0.3) is 11.1 Å². The number of nitrogens with zero attached hydrogens (tertiary/aromatic N) is 1. The normalized spacial score (nSPS) is 14.6. The van der Waals surface area contributed by atoms with E-state index in [1.807, 2.05) is 37.3 Å². The van der Waals surface area contributed by atoms with Crippen molar-refractivity contribution in [3.8, 4) is 11.5 Å². The molecule has 3 aromatic carbocycles. The van der Waals surface area contributed by atoms with Crippen LogP contribution in [0.15, 0.2) is 72.2 Å². The first kappa shape index (κ1) is 25.5. The Balaban J connectivity index is 1.66. The number of thioether (sulfide) groups is 1. The van der Waals surface area contributed by atoms with E-state index in [-0.39, 0.29) is 17.7 Å². The van der Waals surface area contributed by atoms with Crippen LogP contribution in [0.5, 0.6) is 11.5 Å². The summed E-state index contributed by atoms with van der Waals surface area (Å²) in [4.78, 5) is 26.7. The molecule has 4 rings (SSSR count). The quantitative estimate of drug-likeness (QED) is 0.228. The van der Waals surface area contributed by atoms with Gasteiger partial charge in [0, 0.05) is 12.7 Å². The maximum atomic E-state index is 12.8. The molecule has 0 aromatic heterocycles. The van der Waals surface area contributed by atoms with E-state index >= 15 is 0 Å². The number of fused-ring (bicyclic) bond motifs is 1. The fourth-order valence-electron chi connectivity index (χ4n) is 4.10. The topological polar surface area (TPSA) is 65.1 Å². The number of carbonyl (C=O) groups excluding carboxylic acids is 2. The minimum atomic E-state index is -0.318. The van der Waals surface area contributed by atoms with Gasteiger partial charge in [0.2, 0.25) is 0 Å². The molecule has 0 aliphatic carbocycles. The van der Waals surface area contributed by atoms with Crippen molar-refractivity contribution in [1.29, 1.82) is 0 Å². The van der Waals surface area contributed by atoms with Crippen LogP contribution in [0.1, 0.15) is 23.6 Å². The van der Waals surface area contributed by atoms with Crippen molar-refractivity contribution in [1.82, 2.24) is 4.90 Å². The minimum absolute atomic E-state index is 0.228. The molecule has 0 saturated carbocycles. The highest BCUT2D eigenvalue weighted by Crippen LogP contribution is 2.38. The average Bonchev–Trinajstić information content (AvgIpc) is 3.14. The molecule has 36 heavy (non-hydrogen) atoms. The summed E-state index contributed by atoms with van der Waals surface area (Å²) >= 11 is 0.929. The van der Waals surface area contributed by atoms with E-state index in [0.29, 0.717) is 42.6 Å². The number of benzene rings is 3. The molecule has 0 unspecified atom stereocenters. The molecule has 186 valence electrons. The summed E-state index contributed by atoms with van der Waals surface area (Å²) in [5.74, 6) is 0.915. The minimum Gasteiger partial charge on any atom is -0.490 e. The molecule has 6 nitrogen and oxygen atoms in total. The summed E-state index contributed by atoms with van der Waals surface area (Å²) in [5, 5.41) is 2.00. The van der Waals surface area contributed by atoms with Gasteiger partial charge in [-0.2, -0.15) is 0 Å². The second kappa shape index (κ2) is 11.9. The lowest BCUT2D eigenvalue weighted by Crippen LogP contribution is -2.31. The van der Waals surface area contributed by atoms with Crippen LogP contribution in [0.3, 0.4) is 0 Å². The standard InChI is InChI=1S/C29H29NO5S/c1-4-9-22-16-20(18-26-28(31)30(14-15-33-3)29(32)36-26)17-25(34-5-2)27(22)35-19-23-12-8-11-21-10-6-7-13-24(21)23/h4,6-8,10-13,16-18H,1,5,9,14-15,19H2,2-3H3/b26-18+. The molecule has 1 aliphatic heterocycles. The van der Waals surface area contributed by atoms with E-state index in [9.17, 15) is 9.59 Å². The van der Waals surface area contributed by atoms with Gasteiger partial charge in [0.05, 0.1) is 24.7 Å². The smallest absolute Gasteiger partial charge is 0.293 e. The molecule has 2 amide bonds. The number of rotatable bonds is 11. The monoisotopic (exact) mass is 503 g/mol. The Labute approximate surface area is 215 Å². The van der Waals surface area contributed by atoms with Gasteiger partial charge in [-0.1, -0.05) is 48.5 Å². The van der Waals surface area contributed by atoms with E-state index in [4.69, 9.17) is 14.2 Å². The number of ether oxygens (including phenoxy) is 3. The van der Waals surface area contributed by atoms with Gasteiger partial charge < -0.3 is 14.2 Å². The Kier molecular flexibility index (Phi) is 8.46. The van der Waals surface area contributed by atoms with Crippen LogP contribution < -0.4 is 9.47 Å². The van der Waals surface area contributed by atoms with Gasteiger partial charge in [-0.05, 0) is 65.2 Å². The lowest BCUT2D eigenvalue weighted by molar-refractivity contribution is -0.123. The van der Waals surface area contributed by atoms with Gasteiger partial charge in [-0.25, -0.2) is 0 Å². The fraction of sp³-hybridized carbons (Fsp3) is 0.241. The van der Waals surface area contributed by atoms with Crippen molar-refractivity contribution >= 4 is 39.8 Å². The highest BCUT2D eigenvalue weighted by atomic mass is 32.2. The molecule has 7 heteroatoms. The molecule has 0 radical (unpaired) electrons. The number of amides is 2. The summed E-state index contributed by atoms with van der Waals surface area (Å²) in [6.45, 7) is 7.16. The van der Waals surface area contributed by atoms with Crippen molar-refractivity contribution in [3.05, 3.63) is 88.8 Å². The Hall–Kier alpha value is -3.55. The molecule has 3 aromatic rings. The largest absolute Gasteiger partial charge is 0.490 e. The highest BCUT2D eigenvalue weighted by molar-refractivity contribution is 8.18. The van der Waals surface area contributed by atoms with Gasteiger partial charge >= 0.3 is 0 Å². The van der Waals surface area contributed by atoms with Crippen LogP contribution in [-0.4, -0.2) is 42.9 Å². The SMILES string of the molecule is C=CCc1cc(/C=C2/SC(=O)N(CCOC)C2=O)cc(OCC)c1OCc1cccc2ccccc12. The summed E-state index contributed by atoms with van der Waals surface area (Å²) in [6.07, 6.45) is 4.08. The van der Waals surface area contributed by atoms with E-state index in [1.165, 1.54) is 12.0 Å². The van der Waals surface area contributed by atoms with Crippen molar-refractivity contribution in [2.75, 3.05) is 26.9 Å². The first-order valence-corrected chi connectivity index (χ1v) is 12.6. The first-order chi connectivity index (χ1) is 17.5. The number of carbonyl (C=O) groups is 2. The second-order valence-corrected chi connectivity index (χ2v) is 9.18. The number of imide groups is 1. The van der Waals surface area contributed by atoms with Crippen LogP contribution in [0, 0.1) is 0 Å². The van der Waals surface area contributed by atoms with Crippen LogP contribution in [0.25, 0.3) is 16.8 Å². The first-order valence-electron chi connectivity index (χ1n) is 11.8. The summed E-state index contributed by atoms with van der Waals surface area (Å²) in [7, 11) is 1.54. The van der Waals surface area contributed by atoms with Crippen LogP contribution >= 0.6 is 11.8 Å². The number of allylic oxidation sites excluding steroid dienone is 1. The van der Waals surface area contributed by atoms with Gasteiger partial charge in [0.1, 0.15) is 6.61 Å². The number of methoxy groups -OCH3 is 1. The molecule has 1 saturated heterocycles. The zero-order valence-electron chi connectivity index (χ0n) is 20.5. The van der Waals surface area contributed by atoms with Crippen LogP contribution in [0.2, 0.25) is 0 Å². The number of hydrogen-bond acceptors (Lipinski definition) is 6. The van der Waals surface area contributed by atoms with Crippen LogP contribution in [0.4, 0.5) is 4.79 Å². The van der Waals surface area contributed by atoms with Gasteiger partial charge in [0.15, 0.2) is 11.5 Å². The van der Waals surface area contributed by atoms with Gasteiger partial charge in [-0.15, -0.1) is 6.58 Å². The molecular weight excluding hydrogens is 474 g/mol. The zero-order valence-corrected chi connectivity index (χ0v) is 21.3. The van der Waals surface area contributed by atoms with Gasteiger partial charge in [-0.3, -0.25) is 14.5 Å². The molecule has 0 spiro atoms. The zero-order chi connectivity index (χ0) is 25.5. The lowest BCUT2D eigenvalue weighted by atomic mass is 10.0. The summed E-state index contributed by atoms with van der Waals surface area (Å²) in [5.41, 5.74) is 2.72. The van der Waals surface area contributed by atoms with Crippen molar-refractivity contribution in [2.45, 2.75) is 20.0 Å². The molecule has 0 bridgehead atoms. The van der Waals surface area contributed by atoms with E-state index in [2.05, 4.69) is 30.8 Å². The Bertz CT molecular complexity index is 1310. The molecule has 1 fully saturated rings. The van der Waals surface area contributed by atoms with Crippen molar-refractivity contribution in [2.24, 2.45) is 0 Å². The van der Waals surface area contributed by atoms with Crippen molar-refractivity contribution < 1.29 is 23.8 Å². The molecule has 0 atom stereocenters. The predicted octanol–water partition coefficient (Wildman–Crippen LogP) is 6.23. The predicted molar refractivity (Wildman–Crippen MR) is 144 cm³/mol. The highest BCUT2D eigenvalue weighted by Gasteiger charge is 2.34. The van der Waals surface area contributed by atoms with E-state index in [0.717, 1.165) is 39.2 Å².